The van der Waals surface area contributed by atoms with Gasteiger partial charge < -0.3 is 10.2 Å². The van der Waals surface area contributed by atoms with Gasteiger partial charge in [0.25, 0.3) is 21.0 Å². The molecule has 0 bridgehead atoms. The second-order valence-corrected chi connectivity index (χ2v) is 12.6. The number of benzene rings is 1. The maximum absolute atomic E-state index is 13.6. The van der Waals surface area contributed by atoms with Crippen LogP contribution in [0.4, 0.5) is 0 Å². The van der Waals surface area contributed by atoms with E-state index in [1.54, 1.807) is 6.07 Å². The normalized spacial score (nSPS) is 19.8. The average Bonchev–Trinajstić information content (AvgIpc) is 3.70. The first kappa shape index (κ1) is 27.8. The minimum absolute atomic E-state index is 0.0981. The highest BCUT2D eigenvalue weighted by Gasteiger charge is 2.55. The molecule has 1 N–H and O–H groups in total. The van der Waals surface area contributed by atoms with Gasteiger partial charge in [0.1, 0.15) is 12.1 Å². The average molecular weight is 581 g/mol. The lowest BCUT2D eigenvalue weighted by Gasteiger charge is -2.28. The molecule has 1 aromatic carbocycles. The number of ketones is 1. The van der Waals surface area contributed by atoms with E-state index < -0.39 is 57.4 Å². The van der Waals surface area contributed by atoms with Crippen molar-refractivity contribution in [2.45, 2.75) is 44.3 Å². The van der Waals surface area contributed by atoms with Crippen LogP contribution in [-0.4, -0.2) is 76.5 Å². The number of hydrogen-bond acceptors (Lipinski definition) is 8. The Hall–Kier alpha value is -3.74. The Labute approximate surface area is 236 Å². The van der Waals surface area contributed by atoms with Gasteiger partial charge in [0.05, 0.1) is 23.0 Å². The topological polar surface area (TPSA) is 134 Å². The van der Waals surface area contributed by atoms with Gasteiger partial charge >= 0.3 is 0 Å². The van der Waals surface area contributed by atoms with Crippen LogP contribution in [0.3, 0.4) is 0 Å². The van der Waals surface area contributed by atoms with Crippen LogP contribution in [0.5, 0.6) is 0 Å². The van der Waals surface area contributed by atoms with Gasteiger partial charge in [-0.3, -0.25) is 24.2 Å². The summed E-state index contributed by atoms with van der Waals surface area (Å²) < 4.78 is 27.3. The third-order valence-corrected chi connectivity index (χ3v) is 10.0. The predicted octanol–water partition coefficient (Wildman–Crippen LogP) is 2.73. The number of aromatic nitrogens is 1. The zero-order valence-electron chi connectivity index (χ0n) is 21.7. The molecule has 2 amide bonds. The SMILES string of the molecule is CCCC(NC(=O)c1ccc(-c2ccccc2)s1)C(=O)N1CCC2C1C(=O)CN2S(=O)(=O)C(=O)c1cccnc1. The minimum atomic E-state index is -4.51. The number of hydrogen-bond donors (Lipinski definition) is 1. The van der Waals surface area contributed by atoms with Gasteiger partial charge in [-0.1, -0.05) is 43.7 Å². The molecule has 5 rings (SSSR count). The summed E-state index contributed by atoms with van der Waals surface area (Å²) in [4.78, 5) is 59.1. The highest BCUT2D eigenvalue weighted by molar-refractivity contribution is 8.04. The molecule has 2 aliphatic rings. The summed E-state index contributed by atoms with van der Waals surface area (Å²) in [6.45, 7) is 1.53. The van der Waals surface area contributed by atoms with E-state index in [4.69, 9.17) is 0 Å². The van der Waals surface area contributed by atoms with E-state index in [-0.39, 0.29) is 18.5 Å². The van der Waals surface area contributed by atoms with Crippen LogP contribution in [0.25, 0.3) is 10.4 Å². The van der Waals surface area contributed by atoms with E-state index in [0.717, 1.165) is 20.9 Å². The fourth-order valence-electron chi connectivity index (χ4n) is 5.27. The number of fused-ring (bicyclic) bond motifs is 1. The van der Waals surface area contributed by atoms with Crippen molar-refractivity contribution < 1.29 is 27.6 Å². The summed E-state index contributed by atoms with van der Waals surface area (Å²) in [6.07, 6.45) is 3.75. The molecule has 2 aromatic heterocycles. The standard InChI is InChI=1S/C28H28N4O6S2/c1-2-7-20(30-26(34)24-12-11-23(39-24)18-8-4-3-5-9-18)27(35)31-15-13-21-25(31)22(33)17-32(21)40(37,38)28(36)19-10-6-14-29-16-19/h3-6,8-12,14,16,20-21,25H,2,7,13,15,17H2,1H3,(H,30,34). The molecule has 2 aliphatic heterocycles. The summed E-state index contributed by atoms with van der Waals surface area (Å²) in [5.41, 5.74) is 0.885. The van der Waals surface area contributed by atoms with Crippen molar-refractivity contribution in [1.29, 1.82) is 0 Å². The molecule has 3 aromatic rings. The number of nitrogens with zero attached hydrogens (tertiary/aromatic N) is 3. The van der Waals surface area contributed by atoms with Gasteiger partial charge in [0.15, 0.2) is 5.78 Å². The smallest absolute Gasteiger partial charge is 0.293 e. The Morgan fingerprint density at radius 3 is 2.58 bits per heavy atom. The van der Waals surface area contributed by atoms with Crippen LogP contribution >= 0.6 is 11.3 Å². The molecule has 208 valence electrons. The molecule has 4 heterocycles. The molecule has 2 saturated heterocycles. The van der Waals surface area contributed by atoms with Gasteiger partial charge in [0.2, 0.25) is 5.91 Å². The number of Topliss-reactive ketones (excluding diaryl/α,β-unsaturated/α-hetero) is 1. The third-order valence-electron chi connectivity index (χ3n) is 7.17. The fourth-order valence-corrected chi connectivity index (χ4v) is 7.69. The highest BCUT2D eigenvalue weighted by Crippen LogP contribution is 2.33. The fraction of sp³-hybridized carbons (Fsp3) is 0.321. The first-order valence-corrected chi connectivity index (χ1v) is 15.2. The zero-order chi connectivity index (χ0) is 28.4. The van der Waals surface area contributed by atoms with E-state index in [1.165, 1.54) is 34.6 Å². The summed E-state index contributed by atoms with van der Waals surface area (Å²) in [5, 5.41) is 1.69. The van der Waals surface area contributed by atoms with Crippen molar-refractivity contribution in [2.75, 3.05) is 13.1 Å². The van der Waals surface area contributed by atoms with E-state index in [2.05, 4.69) is 10.3 Å². The summed E-state index contributed by atoms with van der Waals surface area (Å²) in [7, 11) is -4.51. The molecule has 40 heavy (non-hydrogen) atoms. The van der Waals surface area contributed by atoms with E-state index in [9.17, 15) is 27.6 Å². The molecule has 0 aliphatic carbocycles. The van der Waals surface area contributed by atoms with Gasteiger partial charge in [-0.2, -0.15) is 4.31 Å². The monoisotopic (exact) mass is 580 g/mol. The van der Waals surface area contributed by atoms with Crippen LogP contribution < -0.4 is 5.32 Å². The highest BCUT2D eigenvalue weighted by atomic mass is 32.2. The molecule has 0 saturated carbocycles. The summed E-state index contributed by atoms with van der Waals surface area (Å²) in [6, 6.07) is 13.3. The largest absolute Gasteiger partial charge is 0.340 e. The van der Waals surface area contributed by atoms with Gasteiger partial charge in [-0.25, -0.2) is 8.42 Å². The Kier molecular flexibility index (Phi) is 7.92. The van der Waals surface area contributed by atoms with Crippen molar-refractivity contribution >= 4 is 44.1 Å². The van der Waals surface area contributed by atoms with Crippen LogP contribution in [0.1, 0.15) is 46.2 Å². The number of nitrogens with one attached hydrogen (secondary N) is 1. The van der Waals surface area contributed by atoms with E-state index in [0.29, 0.717) is 17.7 Å². The number of likely N-dealkylation sites (tertiary alicyclic amines) is 1. The van der Waals surface area contributed by atoms with Gasteiger partial charge in [-0.05, 0) is 42.7 Å². The first-order chi connectivity index (χ1) is 19.2. The van der Waals surface area contributed by atoms with E-state index in [1.807, 2.05) is 43.3 Å². The minimum Gasteiger partial charge on any atom is -0.340 e. The predicted molar refractivity (Wildman–Crippen MR) is 149 cm³/mol. The lowest BCUT2D eigenvalue weighted by molar-refractivity contribution is -0.138. The van der Waals surface area contributed by atoms with Crippen molar-refractivity contribution in [3.63, 3.8) is 0 Å². The number of pyridine rings is 1. The maximum Gasteiger partial charge on any atom is 0.293 e. The van der Waals surface area contributed by atoms with Gasteiger partial charge in [-0.15, -0.1) is 11.3 Å². The second kappa shape index (κ2) is 11.4. The Balaban J connectivity index is 1.31. The van der Waals surface area contributed by atoms with Crippen LogP contribution in [0.2, 0.25) is 0 Å². The van der Waals surface area contributed by atoms with Crippen molar-refractivity contribution in [1.82, 2.24) is 19.5 Å². The summed E-state index contributed by atoms with van der Waals surface area (Å²) in [5.74, 6) is -1.28. The molecular formula is C28H28N4O6S2. The number of sulfonamides is 1. The molecule has 2 fully saturated rings. The van der Waals surface area contributed by atoms with Crippen LogP contribution in [0, 0.1) is 0 Å². The summed E-state index contributed by atoms with van der Waals surface area (Å²) >= 11 is 1.32. The molecule has 3 unspecified atom stereocenters. The molecule has 12 heteroatoms. The van der Waals surface area contributed by atoms with Crippen molar-refractivity contribution in [3.05, 3.63) is 77.4 Å². The molecule has 10 nitrogen and oxygen atoms in total. The number of carbonyl (C=O) groups is 4. The zero-order valence-corrected chi connectivity index (χ0v) is 23.4. The number of thiophene rings is 1. The van der Waals surface area contributed by atoms with E-state index >= 15 is 0 Å². The lowest BCUT2D eigenvalue weighted by Crippen LogP contribution is -2.52. The Morgan fingerprint density at radius 1 is 1.10 bits per heavy atom. The maximum atomic E-state index is 13.6. The molecular weight excluding hydrogens is 552 g/mol. The quantitative estimate of drug-likeness (QED) is 0.433. The third kappa shape index (κ3) is 5.21. The number of amides is 2. The van der Waals surface area contributed by atoms with Crippen LogP contribution in [-0.2, 0) is 19.6 Å². The lowest BCUT2D eigenvalue weighted by atomic mass is 10.1. The second-order valence-electron chi connectivity index (χ2n) is 9.72. The van der Waals surface area contributed by atoms with Crippen molar-refractivity contribution in [2.24, 2.45) is 0 Å². The van der Waals surface area contributed by atoms with Crippen molar-refractivity contribution in [3.8, 4) is 10.4 Å². The Morgan fingerprint density at radius 2 is 1.88 bits per heavy atom. The van der Waals surface area contributed by atoms with Gasteiger partial charge in [0, 0.05) is 23.8 Å². The molecule has 3 atom stereocenters. The van der Waals surface area contributed by atoms with Crippen LogP contribution in [0.15, 0.2) is 67.0 Å². The number of rotatable bonds is 8. The number of carbonyl (C=O) groups excluding carboxylic acids is 4. The molecule has 0 spiro atoms. The molecule has 0 radical (unpaired) electrons. The first-order valence-electron chi connectivity index (χ1n) is 13.0. The Bertz CT molecular complexity index is 1540.